The Morgan fingerprint density at radius 1 is 1.14 bits per heavy atom. The van der Waals surface area contributed by atoms with Crippen LogP contribution >= 0.6 is 46.1 Å². The van der Waals surface area contributed by atoms with Crippen LogP contribution in [0.1, 0.15) is 5.69 Å². The summed E-state index contributed by atoms with van der Waals surface area (Å²) in [5.74, 6) is 0.634. The molecule has 0 fully saturated rings. The highest BCUT2D eigenvalue weighted by atomic mass is 35.5. The molecule has 1 aromatic carbocycles. The van der Waals surface area contributed by atoms with Gasteiger partial charge in [0, 0.05) is 10.6 Å². The molecular weight excluding hydrogens is 363 g/mol. The number of hydrogen-bond donors (Lipinski definition) is 0. The molecule has 3 aromatic heterocycles. The lowest BCUT2D eigenvalue weighted by Gasteiger charge is -1.99. The summed E-state index contributed by atoms with van der Waals surface area (Å²) in [4.78, 5) is 1.54. The first-order chi connectivity index (χ1) is 10.6. The van der Waals surface area contributed by atoms with Gasteiger partial charge < -0.3 is 0 Å². The van der Waals surface area contributed by atoms with E-state index in [0.29, 0.717) is 20.8 Å². The van der Waals surface area contributed by atoms with Crippen molar-refractivity contribution in [1.29, 1.82) is 0 Å². The van der Waals surface area contributed by atoms with E-state index in [1.54, 1.807) is 16.6 Å². The molecule has 0 aliphatic heterocycles. The van der Waals surface area contributed by atoms with Crippen LogP contribution in [0.2, 0.25) is 10.0 Å². The molecule has 0 aliphatic carbocycles. The normalized spacial score (nSPS) is 11.4. The van der Waals surface area contributed by atoms with E-state index in [2.05, 4.69) is 24.9 Å². The Balaban J connectivity index is 1.89. The molecule has 0 N–H and O–H groups in total. The number of aryl methyl sites for hydroxylation is 1. The fourth-order valence-electron chi connectivity index (χ4n) is 1.97. The Morgan fingerprint density at radius 3 is 2.73 bits per heavy atom. The highest BCUT2D eigenvalue weighted by molar-refractivity contribution is 7.20. The van der Waals surface area contributed by atoms with Crippen LogP contribution in [0.4, 0.5) is 0 Å². The summed E-state index contributed by atoms with van der Waals surface area (Å²) >= 11 is 14.9. The number of fused-ring (bicyclic) bond motifs is 1. The quantitative estimate of drug-likeness (QED) is 0.535. The minimum absolute atomic E-state index is 0.551. The average molecular weight is 369 g/mol. The molecule has 22 heavy (non-hydrogen) atoms. The van der Waals surface area contributed by atoms with Gasteiger partial charge in [-0.3, -0.25) is 0 Å². The Labute approximate surface area is 142 Å². The fraction of sp³-hybridized carbons (Fsp3) is 0.0833. The van der Waals surface area contributed by atoms with E-state index in [0.717, 1.165) is 21.1 Å². The van der Waals surface area contributed by atoms with Crippen molar-refractivity contribution in [2.45, 2.75) is 6.92 Å². The standard InChI is InChI=1S/C12H6Cl2N6S2/c1-5-9(22-19-15-5)10-16-17-12-20(10)18-11(21-12)7-3-2-6(13)4-8(7)14/h2-4H,1H3. The van der Waals surface area contributed by atoms with Crippen LogP contribution in [0.3, 0.4) is 0 Å². The van der Waals surface area contributed by atoms with E-state index in [9.17, 15) is 0 Å². The van der Waals surface area contributed by atoms with Crippen LogP contribution in [-0.2, 0) is 0 Å². The third-order valence-electron chi connectivity index (χ3n) is 3.01. The van der Waals surface area contributed by atoms with Gasteiger partial charge in [0.25, 0.3) is 0 Å². The SMILES string of the molecule is Cc1nnsc1-c1nnc2sc(-c3ccc(Cl)cc3Cl)nn12. The third kappa shape index (κ3) is 2.19. The van der Waals surface area contributed by atoms with Gasteiger partial charge in [-0.05, 0) is 36.7 Å². The molecule has 10 heteroatoms. The number of benzene rings is 1. The Morgan fingerprint density at radius 2 is 2.00 bits per heavy atom. The van der Waals surface area contributed by atoms with E-state index in [4.69, 9.17) is 23.2 Å². The number of rotatable bonds is 2. The van der Waals surface area contributed by atoms with E-state index < -0.39 is 0 Å². The molecule has 110 valence electrons. The predicted molar refractivity (Wildman–Crippen MR) is 87.8 cm³/mol. The minimum Gasteiger partial charge on any atom is -0.181 e. The van der Waals surface area contributed by atoms with Gasteiger partial charge in [0.15, 0.2) is 5.82 Å². The second kappa shape index (κ2) is 5.24. The molecule has 0 amide bonds. The molecule has 0 aliphatic rings. The number of hydrogen-bond acceptors (Lipinski definition) is 7. The third-order valence-corrected chi connectivity index (χ3v) is 5.31. The van der Waals surface area contributed by atoms with Crippen LogP contribution in [0.25, 0.3) is 26.2 Å². The monoisotopic (exact) mass is 368 g/mol. The lowest BCUT2D eigenvalue weighted by atomic mass is 10.2. The molecule has 0 unspecified atom stereocenters. The molecule has 0 spiro atoms. The maximum absolute atomic E-state index is 6.24. The number of halogens is 2. The van der Waals surface area contributed by atoms with Gasteiger partial charge in [0.1, 0.15) is 9.88 Å². The van der Waals surface area contributed by atoms with Gasteiger partial charge in [0.2, 0.25) is 4.96 Å². The number of aromatic nitrogens is 6. The highest BCUT2D eigenvalue weighted by Crippen LogP contribution is 2.34. The predicted octanol–water partition coefficient (Wildman–Crippen LogP) is 3.99. The molecule has 0 saturated heterocycles. The zero-order chi connectivity index (χ0) is 15.3. The van der Waals surface area contributed by atoms with E-state index in [1.807, 2.05) is 13.0 Å². The Bertz CT molecular complexity index is 989. The maximum atomic E-state index is 6.24. The summed E-state index contributed by atoms with van der Waals surface area (Å²) in [6.45, 7) is 1.88. The molecule has 6 nitrogen and oxygen atoms in total. The first-order valence-electron chi connectivity index (χ1n) is 6.10. The van der Waals surface area contributed by atoms with Crippen molar-refractivity contribution < 1.29 is 0 Å². The van der Waals surface area contributed by atoms with Crippen molar-refractivity contribution in [3.05, 3.63) is 33.9 Å². The van der Waals surface area contributed by atoms with E-state index in [-0.39, 0.29) is 0 Å². The molecule has 0 radical (unpaired) electrons. The van der Waals surface area contributed by atoms with Crippen molar-refractivity contribution in [3.8, 4) is 21.3 Å². The van der Waals surface area contributed by atoms with Crippen molar-refractivity contribution in [2.24, 2.45) is 0 Å². The molecule has 4 aromatic rings. The van der Waals surface area contributed by atoms with Crippen LogP contribution < -0.4 is 0 Å². The lowest BCUT2D eigenvalue weighted by Crippen LogP contribution is -1.91. The van der Waals surface area contributed by atoms with E-state index >= 15 is 0 Å². The first-order valence-corrected chi connectivity index (χ1v) is 8.45. The molecule has 0 atom stereocenters. The largest absolute Gasteiger partial charge is 0.235 e. The van der Waals surface area contributed by atoms with E-state index in [1.165, 1.54) is 22.9 Å². The smallest absolute Gasteiger partial charge is 0.181 e. The molecule has 0 bridgehead atoms. The van der Waals surface area contributed by atoms with Crippen molar-refractivity contribution >= 4 is 51.0 Å². The zero-order valence-corrected chi connectivity index (χ0v) is 14.1. The summed E-state index contributed by atoms with van der Waals surface area (Å²) in [6.07, 6.45) is 0. The van der Waals surface area contributed by atoms with Crippen molar-refractivity contribution in [1.82, 2.24) is 29.4 Å². The maximum Gasteiger partial charge on any atom is 0.235 e. The summed E-state index contributed by atoms with van der Waals surface area (Å²) in [6, 6.07) is 5.32. The average Bonchev–Trinajstić information content (AvgIpc) is 3.14. The topological polar surface area (TPSA) is 68.9 Å². The second-order valence-electron chi connectivity index (χ2n) is 4.44. The molecule has 4 rings (SSSR count). The van der Waals surface area contributed by atoms with Crippen LogP contribution in [0.15, 0.2) is 18.2 Å². The van der Waals surface area contributed by atoms with Gasteiger partial charge in [-0.15, -0.1) is 15.3 Å². The summed E-state index contributed by atoms with van der Waals surface area (Å²) in [5, 5.41) is 18.8. The fourth-order valence-corrected chi connectivity index (χ4v) is 4.03. The van der Waals surface area contributed by atoms with Crippen LogP contribution in [0.5, 0.6) is 0 Å². The van der Waals surface area contributed by atoms with Crippen LogP contribution in [0, 0.1) is 6.92 Å². The summed E-state index contributed by atoms with van der Waals surface area (Å²) < 4.78 is 5.61. The Hall–Kier alpha value is -1.61. The van der Waals surface area contributed by atoms with Gasteiger partial charge in [-0.2, -0.15) is 9.61 Å². The van der Waals surface area contributed by atoms with Crippen molar-refractivity contribution in [3.63, 3.8) is 0 Å². The number of nitrogens with zero attached hydrogens (tertiary/aromatic N) is 6. The molecular formula is C12H6Cl2N6S2. The lowest BCUT2D eigenvalue weighted by molar-refractivity contribution is 0.969. The zero-order valence-electron chi connectivity index (χ0n) is 11.0. The highest BCUT2D eigenvalue weighted by Gasteiger charge is 2.19. The van der Waals surface area contributed by atoms with Crippen LogP contribution in [-0.4, -0.2) is 29.4 Å². The van der Waals surface area contributed by atoms with Gasteiger partial charge >= 0.3 is 0 Å². The Kier molecular flexibility index (Phi) is 3.33. The molecule has 3 heterocycles. The summed E-state index contributed by atoms with van der Waals surface area (Å²) in [5.41, 5.74) is 1.62. The molecule has 0 saturated carbocycles. The van der Waals surface area contributed by atoms with Crippen molar-refractivity contribution in [2.75, 3.05) is 0 Å². The minimum atomic E-state index is 0.551. The van der Waals surface area contributed by atoms with Gasteiger partial charge in [-0.25, -0.2) is 0 Å². The second-order valence-corrected chi connectivity index (χ2v) is 6.99. The summed E-state index contributed by atoms with van der Waals surface area (Å²) in [7, 11) is 0. The first kappa shape index (κ1) is 14.0. The van der Waals surface area contributed by atoms with Gasteiger partial charge in [-0.1, -0.05) is 39.0 Å². The van der Waals surface area contributed by atoms with Gasteiger partial charge in [0.05, 0.1) is 10.7 Å².